The minimum absolute atomic E-state index is 0.0173. The zero-order valence-corrected chi connectivity index (χ0v) is 15.7. The molecule has 6 heteroatoms. The van der Waals surface area contributed by atoms with Crippen LogP contribution in [0.2, 0.25) is 5.02 Å². The van der Waals surface area contributed by atoms with Crippen molar-refractivity contribution >= 4 is 29.3 Å². The van der Waals surface area contributed by atoms with E-state index in [-0.39, 0.29) is 24.1 Å². The standard InChI is InChI=1S/C19H26ClNO4/c1-3-4-12-25-19(24)10-7-15-13-16(20)8-9-17(15)18(23)6-5-11-21-14(2)22/h8-9,13H,3-7,10-12H2,1-2H3,(H,21,22). The molecule has 25 heavy (non-hydrogen) atoms. The van der Waals surface area contributed by atoms with E-state index in [1.807, 2.05) is 6.92 Å². The lowest BCUT2D eigenvalue weighted by Gasteiger charge is -2.10. The van der Waals surface area contributed by atoms with E-state index in [1.165, 1.54) is 6.92 Å². The van der Waals surface area contributed by atoms with Gasteiger partial charge < -0.3 is 10.1 Å². The highest BCUT2D eigenvalue weighted by Crippen LogP contribution is 2.20. The third kappa shape index (κ3) is 8.68. The van der Waals surface area contributed by atoms with Crippen molar-refractivity contribution in [2.45, 2.75) is 52.4 Å². The molecule has 1 N–H and O–H groups in total. The van der Waals surface area contributed by atoms with Gasteiger partial charge in [-0.3, -0.25) is 14.4 Å². The van der Waals surface area contributed by atoms with Crippen LogP contribution in [0.1, 0.15) is 61.9 Å². The SMILES string of the molecule is CCCCOC(=O)CCc1cc(Cl)ccc1C(=O)CCCNC(C)=O. The van der Waals surface area contributed by atoms with Crippen molar-refractivity contribution < 1.29 is 19.1 Å². The van der Waals surface area contributed by atoms with Crippen LogP contribution in [0.15, 0.2) is 18.2 Å². The Hall–Kier alpha value is -1.88. The fourth-order valence-corrected chi connectivity index (χ4v) is 2.52. The summed E-state index contributed by atoms with van der Waals surface area (Å²) in [5.41, 5.74) is 1.33. The molecule has 0 atom stereocenters. The molecule has 0 spiro atoms. The second kappa shape index (κ2) is 11.6. The molecule has 0 fully saturated rings. The second-order valence-corrected chi connectivity index (χ2v) is 6.32. The number of hydrogen-bond acceptors (Lipinski definition) is 4. The molecule has 5 nitrogen and oxygen atoms in total. The van der Waals surface area contributed by atoms with Gasteiger partial charge >= 0.3 is 5.97 Å². The number of unbranched alkanes of at least 4 members (excludes halogenated alkanes) is 1. The van der Waals surface area contributed by atoms with E-state index >= 15 is 0 Å². The Labute approximate surface area is 154 Å². The van der Waals surface area contributed by atoms with Gasteiger partial charge in [-0.25, -0.2) is 0 Å². The fourth-order valence-electron chi connectivity index (χ4n) is 2.33. The highest BCUT2D eigenvalue weighted by Gasteiger charge is 2.13. The van der Waals surface area contributed by atoms with Gasteiger partial charge in [-0.05, 0) is 43.0 Å². The van der Waals surface area contributed by atoms with Crippen molar-refractivity contribution in [3.8, 4) is 0 Å². The molecular weight excluding hydrogens is 342 g/mol. The van der Waals surface area contributed by atoms with Crippen LogP contribution in [0.3, 0.4) is 0 Å². The van der Waals surface area contributed by atoms with Crippen LogP contribution < -0.4 is 5.32 Å². The Morgan fingerprint density at radius 3 is 2.60 bits per heavy atom. The number of benzene rings is 1. The zero-order chi connectivity index (χ0) is 18.7. The van der Waals surface area contributed by atoms with E-state index in [1.54, 1.807) is 18.2 Å². The number of carbonyl (C=O) groups is 3. The first-order valence-electron chi connectivity index (χ1n) is 8.65. The van der Waals surface area contributed by atoms with Gasteiger partial charge in [0, 0.05) is 36.9 Å². The Bertz CT molecular complexity index is 601. The van der Waals surface area contributed by atoms with Gasteiger partial charge in [-0.2, -0.15) is 0 Å². The van der Waals surface area contributed by atoms with Gasteiger partial charge in [0.25, 0.3) is 0 Å². The van der Waals surface area contributed by atoms with Crippen molar-refractivity contribution in [1.82, 2.24) is 5.32 Å². The fraction of sp³-hybridized carbons (Fsp3) is 0.526. The summed E-state index contributed by atoms with van der Waals surface area (Å²) < 4.78 is 5.14. The summed E-state index contributed by atoms with van der Waals surface area (Å²) >= 11 is 6.03. The minimum atomic E-state index is -0.266. The number of hydrogen-bond donors (Lipinski definition) is 1. The molecule has 0 aliphatic rings. The average Bonchev–Trinajstić information content (AvgIpc) is 2.57. The van der Waals surface area contributed by atoms with E-state index in [9.17, 15) is 14.4 Å². The van der Waals surface area contributed by atoms with Crippen molar-refractivity contribution in [2.24, 2.45) is 0 Å². The first-order valence-corrected chi connectivity index (χ1v) is 9.03. The molecule has 0 saturated heterocycles. The first kappa shape index (κ1) is 21.2. The zero-order valence-electron chi connectivity index (χ0n) is 14.9. The lowest BCUT2D eigenvalue weighted by Crippen LogP contribution is -2.21. The van der Waals surface area contributed by atoms with Crippen LogP contribution in [-0.2, 0) is 20.7 Å². The van der Waals surface area contributed by atoms with E-state index in [0.717, 1.165) is 18.4 Å². The number of ether oxygens (including phenoxy) is 1. The lowest BCUT2D eigenvalue weighted by molar-refractivity contribution is -0.143. The number of aryl methyl sites for hydroxylation is 1. The summed E-state index contributed by atoms with van der Waals surface area (Å²) in [5, 5.41) is 3.20. The van der Waals surface area contributed by atoms with Gasteiger partial charge in [0.15, 0.2) is 5.78 Å². The maximum absolute atomic E-state index is 12.4. The largest absolute Gasteiger partial charge is 0.466 e. The highest BCUT2D eigenvalue weighted by atomic mass is 35.5. The molecule has 0 aliphatic heterocycles. The topological polar surface area (TPSA) is 72.5 Å². The maximum atomic E-state index is 12.4. The summed E-state index contributed by atoms with van der Waals surface area (Å²) in [7, 11) is 0. The van der Waals surface area contributed by atoms with E-state index in [2.05, 4.69) is 5.32 Å². The van der Waals surface area contributed by atoms with Crippen LogP contribution in [0.25, 0.3) is 0 Å². The Morgan fingerprint density at radius 1 is 1.16 bits per heavy atom. The first-order chi connectivity index (χ1) is 11.9. The van der Waals surface area contributed by atoms with Gasteiger partial charge in [-0.15, -0.1) is 0 Å². The molecule has 0 bridgehead atoms. The summed E-state index contributed by atoms with van der Waals surface area (Å²) in [6.07, 6.45) is 3.35. The summed E-state index contributed by atoms with van der Waals surface area (Å²) in [5.74, 6) is -0.393. The number of esters is 1. The molecule has 1 amide bonds. The normalized spacial score (nSPS) is 10.4. The molecule has 0 unspecified atom stereocenters. The van der Waals surface area contributed by atoms with Crippen LogP contribution in [-0.4, -0.2) is 30.8 Å². The number of carbonyl (C=O) groups excluding carboxylic acids is 3. The van der Waals surface area contributed by atoms with E-state index in [4.69, 9.17) is 16.3 Å². The molecule has 0 radical (unpaired) electrons. The number of ketones is 1. The van der Waals surface area contributed by atoms with Gasteiger partial charge in [0.1, 0.15) is 0 Å². The van der Waals surface area contributed by atoms with Crippen LogP contribution in [0.4, 0.5) is 0 Å². The third-order valence-electron chi connectivity index (χ3n) is 3.68. The van der Waals surface area contributed by atoms with Crippen molar-refractivity contribution in [2.75, 3.05) is 13.2 Å². The Morgan fingerprint density at radius 2 is 1.92 bits per heavy atom. The van der Waals surface area contributed by atoms with Crippen LogP contribution in [0, 0.1) is 0 Å². The molecule has 0 heterocycles. The van der Waals surface area contributed by atoms with E-state index in [0.29, 0.717) is 43.0 Å². The number of Topliss-reactive ketones (excluding diaryl/α,β-unsaturated/α-hetero) is 1. The molecule has 1 aromatic rings. The van der Waals surface area contributed by atoms with Crippen molar-refractivity contribution in [1.29, 1.82) is 0 Å². The summed E-state index contributed by atoms with van der Waals surface area (Å²) in [4.78, 5) is 35.0. The van der Waals surface area contributed by atoms with Crippen LogP contribution >= 0.6 is 11.6 Å². The second-order valence-electron chi connectivity index (χ2n) is 5.89. The molecular formula is C19H26ClNO4. The Balaban J connectivity index is 2.60. The molecule has 1 aromatic carbocycles. The van der Waals surface area contributed by atoms with Gasteiger partial charge in [-0.1, -0.05) is 24.9 Å². The predicted octanol–water partition coefficient (Wildman–Crippen LogP) is 3.71. The van der Waals surface area contributed by atoms with E-state index < -0.39 is 0 Å². The quantitative estimate of drug-likeness (QED) is 0.367. The summed E-state index contributed by atoms with van der Waals surface area (Å²) in [6, 6.07) is 5.09. The van der Waals surface area contributed by atoms with Crippen molar-refractivity contribution in [3.63, 3.8) is 0 Å². The summed E-state index contributed by atoms with van der Waals surface area (Å²) in [6.45, 7) is 4.37. The molecule has 0 aromatic heterocycles. The van der Waals surface area contributed by atoms with Crippen LogP contribution in [0.5, 0.6) is 0 Å². The number of amides is 1. The average molecular weight is 368 g/mol. The van der Waals surface area contributed by atoms with Crippen molar-refractivity contribution in [3.05, 3.63) is 34.3 Å². The number of nitrogens with one attached hydrogen (secondary N) is 1. The predicted molar refractivity (Wildman–Crippen MR) is 97.9 cm³/mol. The molecule has 0 aliphatic carbocycles. The highest BCUT2D eigenvalue weighted by molar-refractivity contribution is 6.30. The number of rotatable bonds is 11. The lowest BCUT2D eigenvalue weighted by atomic mass is 9.97. The van der Waals surface area contributed by atoms with Gasteiger partial charge in [0.05, 0.1) is 6.61 Å². The molecule has 0 saturated carbocycles. The molecule has 138 valence electrons. The smallest absolute Gasteiger partial charge is 0.306 e. The van der Waals surface area contributed by atoms with Gasteiger partial charge in [0.2, 0.25) is 5.91 Å². The Kier molecular flexibility index (Phi) is 9.85. The minimum Gasteiger partial charge on any atom is -0.466 e. The monoisotopic (exact) mass is 367 g/mol. The third-order valence-corrected chi connectivity index (χ3v) is 3.92. The molecule has 1 rings (SSSR count). The number of halogens is 1. The maximum Gasteiger partial charge on any atom is 0.306 e.